The first-order valence-electron chi connectivity index (χ1n) is 8.87. The lowest BCUT2D eigenvalue weighted by Gasteiger charge is -2.39. The third-order valence-electron chi connectivity index (χ3n) is 5.70. The van der Waals surface area contributed by atoms with Crippen LogP contribution in [0.4, 0.5) is 4.79 Å². The van der Waals surface area contributed by atoms with Crippen LogP contribution in [0.15, 0.2) is 0 Å². The van der Waals surface area contributed by atoms with E-state index in [1.54, 1.807) is 4.90 Å². The normalized spacial score (nSPS) is 26.3. The van der Waals surface area contributed by atoms with E-state index in [0.717, 1.165) is 36.9 Å². The monoisotopic (exact) mass is 316 g/mol. The van der Waals surface area contributed by atoms with E-state index in [2.05, 4.69) is 4.98 Å². The molecule has 0 aromatic carbocycles. The number of hydrogen-bond donors (Lipinski definition) is 1. The molecule has 2 heterocycles. The first-order valence-corrected chi connectivity index (χ1v) is 8.87. The van der Waals surface area contributed by atoms with Crippen molar-refractivity contribution in [3.8, 4) is 0 Å². The molecular weight excluding hydrogens is 292 g/mol. The first-order chi connectivity index (χ1) is 11.2. The standard InChI is InChI=1S/C18H24N2O3/c1-2-23-18(22)20-8-7-11-9-15-16(17(21)13(11)10-20)12-5-3-4-6-14(12)19-15/h11,13,19H,2-10H2,1H3/t11-,13+/m0/s1. The summed E-state index contributed by atoms with van der Waals surface area (Å²) in [7, 11) is 0. The number of hydrogen-bond acceptors (Lipinski definition) is 3. The molecule has 0 unspecified atom stereocenters. The fourth-order valence-electron chi connectivity index (χ4n) is 4.57. The molecule has 0 spiro atoms. The fourth-order valence-corrected chi connectivity index (χ4v) is 4.57. The highest BCUT2D eigenvalue weighted by molar-refractivity contribution is 6.02. The van der Waals surface area contributed by atoms with Crippen LogP contribution in [0, 0.1) is 11.8 Å². The van der Waals surface area contributed by atoms with Crippen LogP contribution in [0.5, 0.6) is 0 Å². The molecule has 1 fully saturated rings. The Bertz CT molecular complexity index is 649. The molecule has 0 radical (unpaired) electrons. The number of nitrogens with one attached hydrogen (secondary N) is 1. The second kappa shape index (κ2) is 5.69. The van der Waals surface area contributed by atoms with E-state index < -0.39 is 0 Å². The average molecular weight is 316 g/mol. The topological polar surface area (TPSA) is 62.4 Å². The lowest BCUT2D eigenvalue weighted by Crippen LogP contribution is -2.49. The summed E-state index contributed by atoms with van der Waals surface area (Å²) in [5, 5.41) is 0. The Kier molecular flexibility index (Phi) is 3.66. The van der Waals surface area contributed by atoms with Crippen LogP contribution in [-0.4, -0.2) is 41.5 Å². The van der Waals surface area contributed by atoms with Crippen LogP contribution in [0.25, 0.3) is 0 Å². The lowest BCUT2D eigenvalue weighted by molar-refractivity contribution is 0.0568. The number of ether oxygens (including phenoxy) is 1. The van der Waals surface area contributed by atoms with E-state index in [1.165, 1.54) is 24.1 Å². The van der Waals surface area contributed by atoms with Gasteiger partial charge in [0.15, 0.2) is 5.78 Å². The van der Waals surface area contributed by atoms with E-state index in [-0.39, 0.29) is 17.8 Å². The number of H-pyrrole nitrogens is 1. The van der Waals surface area contributed by atoms with Gasteiger partial charge >= 0.3 is 6.09 Å². The Hall–Kier alpha value is -1.78. The van der Waals surface area contributed by atoms with E-state index in [4.69, 9.17) is 4.74 Å². The largest absolute Gasteiger partial charge is 0.450 e. The lowest BCUT2D eigenvalue weighted by atomic mass is 9.72. The van der Waals surface area contributed by atoms with Gasteiger partial charge in [-0.1, -0.05) is 0 Å². The van der Waals surface area contributed by atoms with Crippen molar-refractivity contribution in [2.75, 3.05) is 19.7 Å². The number of aromatic amines is 1. The molecule has 1 saturated heterocycles. The van der Waals surface area contributed by atoms with Crippen molar-refractivity contribution in [1.82, 2.24) is 9.88 Å². The molecule has 124 valence electrons. The second-order valence-electron chi connectivity index (χ2n) is 7.01. The van der Waals surface area contributed by atoms with E-state index in [9.17, 15) is 9.59 Å². The zero-order valence-corrected chi connectivity index (χ0v) is 13.7. The zero-order valence-electron chi connectivity index (χ0n) is 13.7. The summed E-state index contributed by atoms with van der Waals surface area (Å²) in [6, 6.07) is 0. The van der Waals surface area contributed by atoms with Gasteiger partial charge in [0.1, 0.15) is 0 Å². The molecule has 1 aliphatic heterocycles. The second-order valence-corrected chi connectivity index (χ2v) is 7.01. The van der Waals surface area contributed by atoms with Crippen molar-refractivity contribution in [3.63, 3.8) is 0 Å². The molecule has 0 saturated carbocycles. The van der Waals surface area contributed by atoms with Crippen LogP contribution in [0.1, 0.15) is 53.5 Å². The molecule has 1 N–H and O–H groups in total. The number of piperidine rings is 1. The Balaban J connectivity index is 1.61. The van der Waals surface area contributed by atoms with Crippen LogP contribution < -0.4 is 0 Å². The summed E-state index contributed by atoms with van der Waals surface area (Å²) in [6.07, 6.45) is 6.04. The minimum absolute atomic E-state index is 0.0533. The fraction of sp³-hybridized carbons (Fsp3) is 0.667. The Morgan fingerprint density at radius 1 is 1.30 bits per heavy atom. The number of fused-ring (bicyclic) bond motifs is 4. The highest BCUT2D eigenvalue weighted by Crippen LogP contribution is 2.39. The number of amides is 1. The third-order valence-corrected chi connectivity index (χ3v) is 5.70. The molecule has 1 aromatic rings. The minimum atomic E-state index is -0.277. The van der Waals surface area contributed by atoms with Crippen LogP contribution in [0.3, 0.4) is 0 Å². The van der Waals surface area contributed by atoms with Crippen LogP contribution >= 0.6 is 0 Å². The molecular formula is C18H24N2O3. The number of ketones is 1. The number of aromatic nitrogens is 1. The quantitative estimate of drug-likeness (QED) is 0.866. The zero-order chi connectivity index (χ0) is 16.0. The van der Waals surface area contributed by atoms with E-state index in [0.29, 0.717) is 25.6 Å². The van der Waals surface area contributed by atoms with Gasteiger partial charge in [-0.05, 0) is 56.9 Å². The summed E-state index contributed by atoms with van der Waals surface area (Å²) in [5.74, 6) is 0.563. The molecule has 2 atom stereocenters. The van der Waals surface area contributed by atoms with Crippen molar-refractivity contribution >= 4 is 11.9 Å². The van der Waals surface area contributed by atoms with E-state index >= 15 is 0 Å². The molecule has 1 amide bonds. The molecule has 5 nitrogen and oxygen atoms in total. The van der Waals surface area contributed by atoms with Crippen molar-refractivity contribution in [2.24, 2.45) is 11.8 Å². The Labute approximate surface area is 136 Å². The summed E-state index contributed by atoms with van der Waals surface area (Å²) < 4.78 is 5.11. The van der Waals surface area contributed by atoms with E-state index in [1.807, 2.05) is 6.92 Å². The maximum atomic E-state index is 13.1. The van der Waals surface area contributed by atoms with Gasteiger partial charge in [0.25, 0.3) is 0 Å². The molecule has 3 aliphatic rings. The number of rotatable bonds is 1. The summed E-state index contributed by atoms with van der Waals surface area (Å²) >= 11 is 0. The summed E-state index contributed by atoms with van der Waals surface area (Å²) in [6.45, 7) is 3.41. The van der Waals surface area contributed by atoms with Gasteiger partial charge in [0, 0.05) is 36.0 Å². The molecule has 4 rings (SSSR count). The number of carbonyl (C=O) groups excluding carboxylic acids is 2. The number of nitrogens with zero attached hydrogens (tertiary/aromatic N) is 1. The predicted octanol–water partition coefficient (Wildman–Crippen LogP) is 2.73. The SMILES string of the molecule is CCOC(=O)N1CC[C@H]2Cc3[nH]c4c(c3C(=O)[C@@H]2C1)CCCC4. The van der Waals surface area contributed by atoms with Crippen molar-refractivity contribution in [3.05, 3.63) is 22.5 Å². The Morgan fingerprint density at radius 3 is 2.96 bits per heavy atom. The van der Waals surface area contributed by atoms with Crippen LogP contribution in [-0.2, 0) is 24.0 Å². The smallest absolute Gasteiger partial charge is 0.409 e. The van der Waals surface area contributed by atoms with Gasteiger partial charge in [-0.3, -0.25) is 4.79 Å². The maximum Gasteiger partial charge on any atom is 0.409 e. The van der Waals surface area contributed by atoms with Crippen LogP contribution in [0.2, 0.25) is 0 Å². The average Bonchev–Trinajstić information content (AvgIpc) is 2.93. The van der Waals surface area contributed by atoms with Gasteiger partial charge in [0.05, 0.1) is 6.61 Å². The highest BCUT2D eigenvalue weighted by Gasteiger charge is 2.43. The van der Waals surface area contributed by atoms with Gasteiger partial charge in [0.2, 0.25) is 0 Å². The Morgan fingerprint density at radius 2 is 2.13 bits per heavy atom. The van der Waals surface area contributed by atoms with Gasteiger partial charge in [-0.2, -0.15) is 0 Å². The van der Waals surface area contributed by atoms with Crippen molar-refractivity contribution in [1.29, 1.82) is 0 Å². The summed E-state index contributed by atoms with van der Waals surface area (Å²) in [5.41, 5.74) is 4.68. The number of Topliss-reactive ketones (excluding diaryl/α,β-unsaturated/α-hetero) is 1. The molecule has 0 bridgehead atoms. The number of likely N-dealkylation sites (tertiary alicyclic amines) is 1. The van der Waals surface area contributed by atoms with Crippen molar-refractivity contribution in [2.45, 2.75) is 45.4 Å². The highest BCUT2D eigenvalue weighted by atomic mass is 16.6. The summed E-state index contributed by atoms with van der Waals surface area (Å²) in [4.78, 5) is 30.4. The molecule has 23 heavy (non-hydrogen) atoms. The van der Waals surface area contributed by atoms with Gasteiger partial charge < -0.3 is 14.6 Å². The first kappa shape index (κ1) is 14.8. The molecule has 5 heteroatoms. The predicted molar refractivity (Wildman–Crippen MR) is 85.7 cm³/mol. The number of carbonyl (C=O) groups is 2. The minimum Gasteiger partial charge on any atom is -0.450 e. The maximum absolute atomic E-state index is 13.1. The molecule has 1 aromatic heterocycles. The van der Waals surface area contributed by atoms with Crippen molar-refractivity contribution < 1.29 is 14.3 Å². The number of aryl methyl sites for hydroxylation is 1. The third kappa shape index (κ3) is 2.37. The van der Waals surface area contributed by atoms with Gasteiger partial charge in [-0.25, -0.2) is 4.79 Å². The molecule has 2 aliphatic carbocycles. The van der Waals surface area contributed by atoms with Gasteiger partial charge in [-0.15, -0.1) is 0 Å².